The van der Waals surface area contributed by atoms with Crippen LogP contribution in [-0.4, -0.2) is 31.5 Å². The van der Waals surface area contributed by atoms with Gasteiger partial charge in [-0.1, -0.05) is 18.3 Å². The topological polar surface area (TPSA) is 85.5 Å². The Morgan fingerprint density at radius 2 is 2.12 bits per heavy atom. The second-order valence-electron chi connectivity index (χ2n) is 3.99. The van der Waals surface area contributed by atoms with E-state index >= 15 is 0 Å². The molecule has 1 aromatic rings. The number of nitrogen functional groups attached to an aromatic ring is 1. The van der Waals surface area contributed by atoms with Crippen molar-refractivity contribution in [1.29, 1.82) is 0 Å². The van der Waals surface area contributed by atoms with Crippen LogP contribution in [0.5, 0.6) is 0 Å². The third-order valence-corrected chi connectivity index (χ3v) is 3.71. The van der Waals surface area contributed by atoms with Crippen molar-refractivity contribution < 1.29 is 13.3 Å². The molecule has 0 aliphatic rings. The number of aromatic nitrogens is 1. The van der Waals surface area contributed by atoms with Gasteiger partial charge in [-0.2, -0.15) is 0 Å². The number of rotatable bonds is 5. The van der Waals surface area contributed by atoms with Crippen molar-refractivity contribution in [3.05, 3.63) is 18.3 Å². The fourth-order valence-electron chi connectivity index (χ4n) is 1.23. The molecule has 0 fully saturated rings. The van der Waals surface area contributed by atoms with Crippen molar-refractivity contribution >= 4 is 15.8 Å². The van der Waals surface area contributed by atoms with E-state index in [0.717, 1.165) is 4.47 Å². The molecule has 1 heterocycles. The fraction of sp³-hybridized carbons (Fsp3) is 0.500. The molecule has 0 aliphatic heterocycles. The summed E-state index contributed by atoms with van der Waals surface area (Å²) in [5.74, 6) is 0.434. The molecule has 0 atom stereocenters. The Labute approximate surface area is 101 Å². The van der Waals surface area contributed by atoms with Crippen LogP contribution < -0.4 is 5.73 Å². The maximum Gasteiger partial charge on any atom is 0.266 e. The quantitative estimate of drug-likeness (QED) is 0.793. The lowest BCUT2D eigenvalue weighted by molar-refractivity contribution is -0.0558. The standard InChI is InChI=1S/C10H17N3O3S/c1-8(2)7-13(16-3)17(14,15)9-4-5-10(11)12-6-9/h4-6,8H,7H2,1-3H3,(H2,11,12). The first-order valence-corrected chi connectivity index (χ1v) is 6.60. The SMILES string of the molecule is CON(CC(C)C)S(=O)(=O)c1ccc(N)nc1. The minimum Gasteiger partial charge on any atom is -0.384 e. The Hall–Kier alpha value is -1.18. The number of hydrogen-bond donors (Lipinski definition) is 1. The number of anilines is 1. The Morgan fingerprint density at radius 3 is 2.53 bits per heavy atom. The summed E-state index contributed by atoms with van der Waals surface area (Å²) < 4.78 is 25.2. The molecule has 0 unspecified atom stereocenters. The Balaban J connectivity index is 3.04. The molecule has 0 aromatic carbocycles. The van der Waals surface area contributed by atoms with Gasteiger partial charge in [0.2, 0.25) is 0 Å². The molecule has 17 heavy (non-hydrogen) atoms. The molecule has 0 amide bonds. The number of nitrogens with zero attached hydrogens (tertiary/aromatic N) is 2. The largest absolute Gasteiger partial charge is 0.384 e. The van der Waals surface area contributed by atoms with Crippen molar-refractivity contribution in [2.24, 2.45) is 5.92 Å². The molecule has 6 nitrogen and oxygen atoms in total. The smallest absolute Gasteiger partial charge is 0.266 e. The molecule has 7 heteroatoms. The van der Waals surface area contributed by atoms with Crippen molar-refractivity contribution in [2.75, 3.05) is 19.4 Å². The van der Waals surface area contributed by atoms with Gasteiger partial charge in [-0.05, 0) is 18.1 Å². The van der Waals surface area contributed by atoms with E-state index in [2.05, 4.69) is 4.98 Å². The van der Waals surface area contributed by atoms with Crippen LogP contribution in [0.3, 0.4) is 0 Å². The van der Waals surface area contributed by atoms with Crippen LogP contribution in [0.2, 0.25) is 0 Å². The molecule has 0 saturated carbocycles. The summed E-state index contributed by atoms with van der Waals surface area (Å²) in [7, 11) is -2.35. The van der Waals surface area contributed by atoms with E-state index < -0.39 is 10.0 Å². The molecule has 0 saturated heterocycles. The summed E-state index contributed by atoms with van der Waals surface area (Å²) >= 11 is 0. The fourth-order valence-corrected chi connectivity index (χ4v) is 2.58. The highest BCUT2D eigenvalue weighted by Crippen LogP contribution is 2.16. The third kappa shape index (κ3) is 3.39. The van der Waals surface area contributed by atoms with Crippen molar-refractivity contribution in [3.8, 4) is 0 Å². The second-order valence-corrected chi connectivity index (χ2v) is 5.81. The van der Waals surface area contributed by atoms with Gasteiger partial charge >= 0.3 is 0 Å². The second kappa shape index (κ2) is 5.44. The van der Waals surface area contributed by atoms with E-state index in [0.29, 0.717) is 0 Å². The molecule has 0 bridgehead atoms. The molecule has 96 valence electrons. The Kier molecular flexibility index (Phi) is 4.44. The van der Waals surface area contributed by atoms with Crippen LogP contribution in [0.15, 0.2) is 23.2 Å². The van der Waals surface area contributed by atoms with E-state index in [1.165, 1.54) is 25.4 Å². The van der Waals surface area contributed by atoms with Gasteiger partial charge in [0.05, 0.1) is 7.11 Å². The first-order chi connectivity index (χ1) is 7.87. The Morgan fingerprint density at radius 1 is 1.47 bits per heavy atom. The first kappa shape index (κ1) is 13.9. The number of sulfonamides is 1. The average molecular weight is 259 g/mol. The zero-order valence-corrected chi connectivity index (χ0v) is 10.9. The predicted molar refractivity (Wildman–Crippen MR) is 64.4 cm³/mol. The summed E-state index contributed by atoms with van der Waals surface area (Å²) in [5, 5.41) is 0. The van der Waals surface area contributed by atoms with E-state index in [4.69, 9.17) is 10.6 Å². The Bertz CT molecular complexity index is 456. The molecule has 2 N–H and O–H groups in total. The van der Waals surface area contributed by atoms with E-state index in [9.17, 15) is 8.42 Å². The normalized spacial score (nSPS) is 12.3. The summed E-state index contributed by atoms with van der Waals surface area (Å²) in [5.41, 5.74) is 5.41. The highest BCUT2D eigenvalue weighted by atomic mass is 32.2. The minimum atomic E-state index is -3.67. The molecule has 1 rings (SSSR count). The van der Waals surface area contributed by atoms with Crippen LogP contribution in [0.1, 0.15) is 13.8 Å². The molecule has 0 aliphatic carbocycles. The minimum absolute atomic E-state index is 0.0641. The van der Waals surface area contributed by atoms with Gasteiger partial charge in [-0.3, -0.25) is 4.84 Å². The summed E-state index contributed by atoms with van der Waals surface area (Å²) in [6, 6.07) is 2.85. The number of hydroxylamine groups is 1. The van der Waals surface area contributed by atoms with Crippen LogP contribution in [-0.2, 0) is 14.9 Å². The predicted octanol–water partition coefficient (Wildman–Crippen LogP) is 0.872. The average Bonchev–Trinajstić information content (AvgIpc) is 2.26. The van der Waals surface area contributed by atoms with Gasteiger partial charge in [-0.25, -0.2) is 13.4 Å². The first-order valence-electron chi connectivity index (χ1n) is 5.16. The van der Waals surface area contributed by atoms with Crippen molar-refractivity contribution in [3.63, 3.8) is 0 Å². The molecule has 1 aromatic heterocycles. The van der Waals surface area contributed by atoms with E-state index in [1.54, 1.807) is 0 Å². The van der Waals surface area contributed by atoms with E-state index in [-0.39, 0.29) is 23.2 Å². The lowest BCUT2D eigenvalue weighted by atomic mass is 10.2. The van der Waals surface area contributed by atoms with Crippen LogP contribution in [0.4, 0.5) is 5.82 Å². The van der Waals surface area contributed by atoms with Gasteiger partial charge in [0.25, 0.3) is 10.0 Å². The number of nitrogens with two attached hydrogens (primary N) is 1. The maximum atomic E-state index is 12.1. The van der Waals surface area contributed by atoms with Gasteiger partial charge in [0.1, 0.15) is 10.7 Å². The zero-order valence-electron chi connectivity index (χ0n) is 10.1. The van der Waals surface area contributed by atoms with Gasteiger partial charge < -0.3 is 5.73 Å². The molecule has 0 spiro atoms. The van der Waals surface area contributed by atoms with Gasteiger partial charge in [0.15, 0.2) is 0 Å². The van der Waals surface area contributed by atoms with Crippen molar-refractivity contribution in [1.82, 2.24) is 9.45 Å². The maximum absolute atomic E-state index is 12.1. The summed E-state index contributed by atoms with van der Waals surface area (Å²) in [4.78, 5) is 8.72. The highest BCUT2D eigenvalue weighted by molar-refractivity contribution is 7.89. The third-order valence-electron chi connectivity index (χ3n) is 2.04. The monoisotopic (exact) mass is 259 g/mol. The lowest BCUT2D eigenvalue weighted by Gasteiger charge is -2.20. The lowest BCUT2D eigenvalue weighted by Crippen LogP contribution is -2.33. The summed E-state index contributed by atoms with van der Waals surface area (Å²) in [6.07, 6.45) is 1.22. The highest BCUT2D eigenvalue weighted by Gasteiger charge is 2.25. The zero-order chi connectivity index (χ0) is 13.1. The van der Waals surface area contributed by atoms with Crippen molar-refractivity contribution in [2.45, 2.75) is 18.7 Å². The van der Waals surface area contributed by atoms with Gasteiger partial charge in [0, 0.05) is 12.7 Å². The van der Waals surface area contributed by atoms with Crippen LogP contribution in [0, 0.1) is 5.92 Å². The molecular formula is C10H17N3O3S. The van der Waals surface area contributed by atoms with E-state index in [1.807, 2.05) is 13.8 Å². The molecular weight excluding hydrogens is 242 g/mol. The number of pyridine rings is 1. The van der Waals surface area contributed by atoms with Crippen LogP contribution in [0.25, 0.3) is 0 Å². The van der Waals surface area contributed by atoms with Crippen LogP contribution >= 0.6 is 0 Å². The summed E-state index contributed by atoms with van der Waals surface area (Å²) in [6.45, 7) is 4.09. The van der Waals surface area contributed by atoms with Gasteiger partial charge in [-0.15, -0.1) is 0 Å². The molecule has 0 radical (unpaired) electrons. The number of hydrogen-bond acceptors (Lipinski definition) is 5.